The third-order valence-corrected chi connectivity index (χ3v) is 4.76. The minimum absolute atomic E-state index is 0.392. The van der Waals surface area contributed by atoms with Crippen LogP contribution in [-0.4, -0.2) is 29.2 Å². The highest BCUT2D eigenvalue weighted by molar-refractivity contribution is 5.84. The Labute approximate surface area is 139 Å². The van der Waals surface area contributed by atoms with Crippen molar-refractivity contribution in [2.24, 2.45) is 0 Å². The van der Waals surface area contributed by atoms with Crippen molar-refractivity contribution in [2.45, 2.75) is 70.6 Å². The molecule has 0 radical (unpaired) electrons. The van der Waals surface area contributed by atoms with Crippen LogP contribution in [0.2, 0.25) is 0 Å². The van der Waals surface area contributed by atoms with Crippen molar-refractivity contribution < 1.29 is 9.53 Å². The van der Waals surface area contributed by atoms with Gasteiger partial charge in [0, 0.05) is 17.8 Å². The number of nitrogens with one attached hydrogen (secondary N) is 1. The average molecular weight is 316 g/mol. The number of benzene rings is 1. The molecule has 4 nitrogen and oxygen atoms in total. The molecule has 0 aliphatic carbocycles. The molecule has 2 atom stereocenters. The van der Waals surface area contributed by atoms with Crippen molar-refractivity contribution in [1.82, 2.24) is 4.90 Å². The van der Waals surface area contributed by atoms with Crippen LogP contribution < -0.4 is 5.32 Å². The third kappa shape index (κ3) is 4.05. The maximum absolute atomic E-state index is 11.9. The predicted octanol–water partition coefficient (Wildman–Crippen LogP) is 4.72. The van der Waals surface area contributed by atoms with Crippen molar-refractivity contribution in [3.63, 3.8) is 0 Å². The summed E-state index contributed by atoms with van der Waals surface area (Å²) >= 11 is 0. The molecule has 0 bridgehead atoms. The van der Waals surface area contributed by atoms with Gasteiger partial charge in [-0.1, -0.05) is 18.6 Å². The fourth-order valence-corrected chi connectivity index (χ4v) is 3.86. The van der Waals surface area contributed by atoms with Gasteiger partial charge in [0.1, 0.15) is 5.60 Å². The van der Waals surface area contributed by atoms with Crippen molar-refractivity contribution in [2.75, 3.05) is 11.9 Å². The summed E-state index contributed by atoms with van der Waals surface area (Å²) in [5.74, 6) is 0. The molecule has 2 fully saturated rings. The molecule has 126 valence electrons. The summed E-state index contributed by atoms with van der Waals surface area (Å²) in [6.45, 7) is 6.83. The Kier molecular flexibility index (Phi) is 4.62. The SMILES string of the molecule is CC(C)(C)OC(=O)Nc1cccc([C@H]2CC[C@H]3CCCCN32)c1. The lowest BCUT2D eigenvalue weighted by atomic mass is 10.0. The molecule has 1 aromatic carbocycles. The summed E-state index contributed by atoms with van der Waals surface area (Å²) in [5.41, 5.74) is 1.65. The number of carbonyl (C=O) groups is 1. The molecule has 1 aromatic rings. The minimum Gasteiger partial charge on any atom is -0.444 e. The van der Waals surface area contributed by atoms with Crippen LogP contribution in [0, 0.1) is 0 Å². The van der Waals surface area contributed by atoms with Crippen molar-refractivity contribution in [3.8, 4) is 0 Å². The smallest absolute Gasteiger partial charge is 0.412 e. The number of nitrogens with zero attached hydrogens (tertiary/aromatic N) is 1. The van der Waals surface area contributed by atoms with Gasteiger partial charge in [0.05, 0.1) is 0 Å². The number of carbonyl (C=O) groups excluding carboxylic acids is 1. The minimum atomic E-state index is -0.478. The molecule has 2 aliphatic heterocycles. The molecule has 0 saturated carbocycles. The Hall–Kier alpha value is -1.55. The zero-order chi connectivity index (χ0) is 16.4. The summed E-state index contributed by atoms with van der Waals surface area (Å²) in [5, 5.41) is 2.85. The average Bonchev–Trinajstić information content (AvgIpc) is 2.89. The molecule has 0 unspecified atom stereocenters. The molecule has 3 rings (SSSR count). The van der Waals surface area contributed by atoms with E-state index in [1.807, 2.05) is 32.9 Å². The molecule has 1 N–H and O–H groups in total. The second-order valence-electron chi connectivity index (χ2n) is 7.73. The standard InChI is InChI=1S/C19H28N2O2/c1-19(2,3)23-18(22)20-15-8-6-7-14(13-15)17-11-10-16-9-4-5-12-21(16)17/h6-8,13,16-17H,4-5,9-12H2,1-3H3,(H,20,22)/t16-,17-/m1/s1. The lowest BCUT2D eigenvalue weighted by Gasteiger charge is -2.34. The van der Waals surface area contributed by atoms with Gasteiger partial charge in [0.15, 0.2) is 0 Å². The van der Waals surface area contributed by atoms with Gasteiger partial charge in [-0.15, -0.1) is 0 Å². The van der Waals surface area contributed by atoms with Gasteiger partial charge < -0.3 is 4.74 Å². The molecule has 4 heteroatoms. The van der Waals surface area contributed by atoms with Crippen molar-refractivity contribution in [3.05, 3.63) is 29.8 Å². The first-order valence-corrected chi connectivity index (χ1v) is 8.78. The largest absolute Gasteiger partial charge is 0.444 e. The number of amides is 1. The Bertz CT molecular complexity index is 565. The van der Waals surface area contributed by atoms with Crippen LogP contribution >= 0.6 is 0 Å². The molecule has 2 heterocycles. The van der Waals surface area contributed by atoms with Crippen molar-refractivity contribution in [1.29, 1.82) is 0 Å². The molecule has 23 heavy (non-hydrogen) atoms. The number of hydrogen-bond donors (Lipinski definition) is 1. The van der Waals surface area contributed by atoms with Gasteiger partial charge >= 0.3 is 6.09 Å². The van der Waals surface area contributed by atoms with Crippen LogP contribution in [-0.2, 0) is 4.74 Å². The summed E-state index contributed by atoms with van der Waals surface area (Å²) in [6.07, 6.45) is 6.15. The maximum atomic E-state index is 11.9. The number of anilines is 1. The van der Waals surface area contributed by atoms with E-state index in [1.165, 1.54) is 44.2 Å². The highest BCUT2D eigenvalue weighted by atomic mass is 16.6. The van der Waals surface area contributed by atoms with Gasteiger partial charge in [-0.3, -0.25) is 10.2 Å². The summed E-state index contributed by atoms with van der Waals surface area (Å²) in [4.78, 5) is 14.6. The molecule has 0 spiro atoms. The molecule has 0 aromatic heterocycles. The third-order valence-electron chi connectivity index (χ3n) is 4.76. The van der Waals surface area contributed by atoms with E-state index in [2.05, 4.69) is 22.3 Å². The van der Waals surface area contributed by atoms with E-state index in [0.717, 1.165) is 11.7 Å². The number of hydrogen-bond acceptors (Lipinski definition) is 3. The first kappa shape index (κ1) is 16.3. The molecular weight excluding hydrogens is 288 g/mol. The zero-order valence-electron chi connectivity index (χ0n) is 14.5. The van der Waals surface area contributed by atoms with Crippen LogP contribution in [0.1, 0.15) is 64.5 Å². The maximum Gasteiger partial charge on any atom is 0.412 e. The van der Waals surface area contributed by atoms with Crippen LogP contribution in [0.4, 0.5) is 10.5 Å². The Morgan fingerprint density at radius 3 is 2.83 bits per heavy atom. The lowest BCUT2D eigenvalue weighted by molar-refractivity contribution is 0.0636. The predicted molar refractivity (Wildman–Crippen MR) is 92.6 cm³/mol. The Balaban J connectivity index is 1.69. The van der Waals surface area contributed by atoms with E-state index >= 15 is 0 Å². The van der Waals surface area contributed by atoms with Crippen LogP contribution in [0.15, 0.2) is 24.3 Å². The second kappa shape index (κ2) is 6.52. The topological polar surface area (TPSA) is 41.6 Å². The fourth-order valence-electron chi connectivity index (χ4n) is 3.86. The van der Waals surface area contributed by atoms with Gasteiger partial charge in [0.25, 0.3) is 0 Å². The van der Waals surface area contributed by atoms with E-state index in [0.29, 0.717) is 6.04 Å². The van der Waals surface area contributed by atoms with Crippen molar-refractivity contribution >= 4 is 11.8 Å². The second-order valence-corrected chi connectivity index (χ2v) is 7.73. The molecule has 2 saturated heterocycles. The Morgan fingerprint density at radius 2 is 2.04 bits per heavy atom. The van der Waals surface area contributed by atoms with E-state index < -0.39 is 11.7 Å². The lowest BCUT2D eigenvalue weighted by Crippen LogP contribution is -2.35. The van der Waals surface area contributed by atoms with E-state index in [9.17, 15) is 4.79 Å². The van der Waals surface area contributed by atoms with Crippen LogP contribution in [0.25, 0.3) is 0 Å². The zero-order valence-corrected chi connectivity index (χ0v) is 14.5. The van der Waals surface area contributed by atoms with Gasteiger partial charge in [0.2, 0.25) is 0 Å². The van der Waals surface area contributed by atoms with E-state index in [-0.39, 0.29) is 0 Å². The number of ether oxygens (including phenoxy) is 1. The summed E-state index contributed by atoms with van der Waals surface area (Å²) in [6, 6.07) is 9.50. The summed E-state index contributed by atoms with van der Waals surface area (Å²) in [7, 11) is 0. The van der Waals surface area contributed by atoms with Crippen LogP contribution in [0.5, 0.6) is 0 Å². The van der Waals surface area contributed by atoms with E-state index in [4.69, 9.17) is 4.74 Å². The molecular formula is C19H28N2O2. The molecule has 1 amide bonds. The normalized spacial score (nSPS) is 25.0. The summed E-state index contributed by atoms with van der Waals surface area (Å²) < 4.78 is 5.33. The highest BCUT2D eigenvalue weighted by Crippen LogP contribution is 2.40. The van der Waals surface area contributed by atoms with E-state index in [1.54, 1.807) is 0 Å². The Morgan fingerprint density at radius 1 is 1.22 bits per heavy atom. The van der Waals surface area contributed by atoms with Gasteiger partial charge in [-0.05, 0) is 70.7 Å². The van der Waals surface area contributed by atoms with Crippen LogP contribution in [0.3, 0.4) is 0 Å². The number of rotatable bonds is 2. The van der Waals surface area contributed by atoms with Gasteiger partial charge in [-0.2, -0.15) is 0 Å². The quantitative estimate of drug-likeness (QED) is 0.858. The fraction of sp³-hybridized carbons (Fsp3) is 0.632. The first-order chi connectivity index (χ1) is 10.9. The molecule has 2 aliphatic rings. The number of fused-ring (bicyclic) bond motifs is 1. The number of piperidine rings is 1. The van der Waals surface area contributed by atoms with Gasteiger partial charge in [-0.25, -0.2) is 4.79 Å². The first-order valence-electron chi connectivity index (χ1n) is 8.78. The monoisotopic (exact) mass is 316 g/mol. The highest BCUT2D eigenvalue weighted by Gasteiger charge is 2.35.